The van der Waals surface area contributed by atoms with Crippen LogP contribution in [-0.2, 0) is 0 Å². The van der Waals surface area contributed by atoms with Crippen LogP contribution >= 0.6 is 23.2 Å². The monoisotopic (exact) mass is 350 g/mol. The summed E-state index contributed by atoms with van der Waals surface area (Å²) in [5.41, 5.74) is 4.38. The van der Waals surface area contributed by atoms with E-state index in [4.69, 9.17) is 33.2 Å². The lowest BCUT2D eigenvalue weighted by molar-refractivity contribution is 1.35. The van der Waals surface area contributed by atoms with E-state index in [2.05, 4.69) is 9.97 Å². The second kappa shape index (κ2) is 4.97. The third kappa shape index (κ3) is 1.87. The van der Waals surface area contributed by atoms with Gasteiger partial charge >= 0.3 is 0 Å². The van der Waals surface area contributed by atoms with Gasteiger partial charge in [0.15, 0.2) is 0 Å². The second-order valence-corrected chi connectivity index (χ2v) is 6.29. The molecule has 0 radical (unpaired) electrons. The first-order chi connectivity index (χ1) is 11.7. The summed E-state index contributed by atoms with van der Waals surface area (Å²) >= 11 is 12.2. The van der Waals surface area contributed by atoms with Gasteiger partial charge in [0.1, 0.15) is 11.0 Å². The summed E-state index contributed by atoms with van der Waals surface area (Å²) in [6.07, 6.45) is 3.51. The quantitative estimate of drug-likeness (QED) is 0.285. The summed E-state index contributed by atoms with van der Waals surface area (Å²) in [5.74, 6) is 0. The van der Waals surface area contributed by atoms with Crippen molar-refractivity contribution in [3.05, 3.63) is 58.8 Å². The van der Waals surface area contributed by atoms with Crippen molar-refractivity contribution >= 4 is 67.1 Å². The molecule has 114 valence electrons. The van der Waals surface area contributed by atoms with E-state index in [1.807, 2.05) is 24.3 Å². The Morgan fingerprint density at radius 2 is 1.08 bits per heavy atom. The lowest BCUT2D eigenvalue weighted by Gasteiger charge is -2.09. The molecule has 5 aromatic rings. The van der Waals surface area contributed by atoms with Crippen LogP contribution in [0.4, 0.5) is 0 Å². The average molecular weight is 351 g/mol. The van der Waals surface area contributed by atoms with Crippen molar-refractivity contribution in [2.45, 2.75) is 0 Å². The van der Waals surface area contributed by atoms with Crippen LogP contribution in [0.15, 0.2) is 48.8 Å². The molecule has 4 nitrogen and oxygen atoms in total. The number of nitrogens with zero attached hydrogens (tertiary/aromatic N) is 4. The van der Waals surface area contributed by atoms with Gasteiger partial charge in [-0.3, -0.25) is 9.97 Å². The van der Waals surface area contributed by atoms with Gasteiger partial charge < -0.3 is 0 Å². The van der Waals surface area contributed by atoms with Crippen molar-refractivity contribution in [3.8, 4) is 0 Å². The maximum Gasteiger partial charge on any atom is 0.118 e. The predicted molar refractivity (Wildman–Crippen MR) is 97.7 cm³/mol. The minimum Gasteiger partial charge on any atom is -0.254 e. The SMILES string of the molecule is Clc1cc2nc3c4ncccc4c4cccnc4c3nc2cc1Cl. The van der Waals surface area contributed by atoms with E-state index >= 15 is 0 Å². The average Bonchev–Trinajstić information content (AvgIpc) is 2.62. The molecular weight excluding hydrogens is 343 g/mol. The third-order valence-corrected chi connectivity index (χ3v) is 4.78. The fourth-order valence-electron chi connectivity index (χ4n) is 3.00. The molecule has 6 heteroatoms. The van der Waals surface area contributed by atoms with Gasteiger partial charge in [-0.2, -0.15) is 0 Å². The molecule has 0 aliphatic rings. The molecular formula is C18H8Cl2N4. The van der Waals surface area contributed by atoms with Crippen LogP contribution in [0.1, 0.15) is 0 Å². The first kappa shape index (κ1) is 13.8. The summed E-state index contributed by atoms with van der Waals surface area (Å²) in [6, 6.07) is 11.3. The third-order valence-electron chi connectivity index (χ3n) is 4.06. The maximum atomic E-state index is 6.12. The van der Waals surface area contributed by atoms with E-state index in [9.17, 15) is 0 Å². The Bertz CT molecular complexity index is 1180. The summed E-state index contributed by atoms with van der Waals surface area (Å²) in [7, 11) is 0. The van der Waals surface area contributed by atoms with E-state index in [1.165, 1.54) is 0 Å². The Morgan fingerprint density at radius 3 is 1.54 bits per heavy atom. The molecule has 0 bridgehead atoms. The van der Waals surface area contributed by atoms with Crippen molar-refractivity contribution in [2.75, 3.05) is 0 Å². The first-order valence-corrected chi connectivity index (χ1v) is 8.06. The Hall–Kier alpha value is -2.56. The van der Waals surface area contributed by atoms with Crippen molar-refractivity contribution in [1.29, 1.82) is 0 Å². The van der Waals surface area contributed by atoms with Crippen LogP contribution in [-0.4, -0.2) is 19.9 Å². The molecule has 0 saturated carbocycles. The summed E-state index contributed by atoms with van der Waals surface area (Å²) < 4.78 is 0. The maximum absolute atomic E-state index is 6.12. The van der Waals surface area contributed by atoms with Gasteiger partial charge in [-0.05, 0) is 24.3 Å². The Kier molecular flexibility index (Phi) is 2.86. The van der Waals surface area contributed by atoms with Crippen LogP contribution in [0, 0.1) is 0 Å². The van der Waals surface area contributed by atoms with E-state index in [1.54, 1.807) is 24.5 Å². The highest BCUT2D eigenvalue weighted by atomic mass is 35.5. The molecule has 0 atom stereocenters. The van der Waals surface area contributed by atoms with Crippen LogP contribution < -0.4 is 0 Å². The second-order valence-electron chi connectivity index (χ2n) is 5.47. The Balaban J connectivity index is 2.11. The number of pyridine rings is 2. The number of aromatic nitrogens is 4. The normalized spacial score (nSPS) is 11.8. The van der Waals surface area contributed by atoms with Gasteiger partial charge in [0.05, 0.1) is 32.1 Å². The number of hydrogen-bond acceptors (Lipinski definition) is 4. The minimum absolute atomic E-state index is 0.453. The fraction of sp³-hybridized carbons (Fsp3) is 0. The summed E-state index contributed by atoms with van der Waals surface area (Å²) in [5, 5.41) is 2.91. The molecule has 3 aromatic heterocycles. The van der Waals surface area contributed by atoms with E-state index in [0.29, 0.717) is 32.1 Å². The zero-order valence-electron chi connectivity index (χ0n) is 12.2. The number of rotatable bonds is 0. The number of fused-ring (bicyclic) bond motifs is 7. The molecule has 0 N–H and O–H groups in total. The summed E-state index contributed by atoms with van der Waals surface area (Å²) in [6.45, 7) is 0. The molecule has 0 saturated heterocycles. The van der Waals surface area contributed by atoms with Gasteiger partial charge in [-0.25, -0.2) is 9.97 Å². The topological polar surface area (TPSA) is 51.6 Å². The van der Waals surface area contributed by atoms with Crippen LogP contribution in [0.25, 0.3) is 43.9 Å². The molecule has 0 aliphatic heterocycles. The van der Waals surface area contributed by atoms with E-state index in [-0.39, 0.29) is 0 Å². The summed E-state index contributed by atoms with van der Waals surface area (Å²) in [4.78, 5) is 18.5. The predicted octanol–water partition coefficient (Wildman–Crippen LogP) is 5.19. The fourth-order valence-corrected chi connectivity index (χ4v) is 3.32. The van der Waals surface area contributed by atoms with E-state index < -0.39 is 0 Å². The molecule has 3 heterocycles. The van der Waals surface area contributed by atoms with Gasteiger partial charge in [0, 0.05) is 23.2 Å². The largest absolute Gasteiger partial charge is 0.254 e. The highest BCUT2D eigenvalue weighted by Gasteiger charge is 2.14. The van der Waals surface area contributed by atoms with Gasteiger partial charge in [-0.15, -0.1) is 0 Å². The lowest BCUT2D eigenvalue weighted by Crippen LogP contribution is -1.94. The molecule has 5 rings (SSSR count). The van der Waals surface area contributed by atoms with Gasteiger partial charge in [-0.1, -0.05) is 35.3 Å². The molecule has 2 aromatic carbocycles. The van der Waals surface area contributed by atoms with Gasteiger partial charge in [0.2, 0.25) is 0 Å². The minimum atomic E-state index is 0.453. The molecule has 24 heavy (non-hydrogen) atoms. The lowest BCUT2D eigenvalue weighted by atomic mass is 10.1. The molecule has 0 unspecified atom stereocenters. The number of hydrogen-bond donors (Lipinski definition) is 0. The Labute approximate surface area is 146 Å². The standard InChI is InChI=1S/C18H8Cl2N4/c19-11-7-13-14(8-12(11)20)24-18-16-10(4-2-6-22-16)9-3-1-5-21-15(9)17(18)23-13/h1-8H. The smallest absolute Gasteiger partial charge is 0.118 e. The first-order valence-electron chi connectivity index (χ1n) is 7.30. The Morgan fingerprint density at radius 1 is 0.625 bits per heavy atom. The molecule has 0 amide bonds. The van der Waals surface area contributed by atoms with Crippen molar-refractivity contribution < 1.29 is 0 Å². The van der Waals surface area contributed by atoms with Crippen LogP contribution in [0.5, 0.6) is 0 Å². The zero-order chi connectivity index (χ0) is 16.3. The highest BCUT2D eigenvalue weighted by molar-refractivity contribution is 6.42. The van der Waals surface area contributed by atoms with Crippen molar-refractivity contribution in [1.82, 2.24) is 19.9 Å². The highest BCUT2D eigenvalue weighted by Crippen LogP contribution is 2.33. The van der Waals surface area contributed by atoms with Gasteiger partial charge in [0.25, 0.3) is 0 Å². The molecule has 0 fully saturated rings. The zero-order valence-corrected chi connectivity index (χ0v) is 13.7. The number of halogens is 2. The van der Waals surface area contributed by atoms with Crippen molar-refractivity contribution in [2.24, 2.45) is 0 Å². The van der Waals surface area contributed by atoms with Crippen LogP contribution in [0.2, 0.25) is 10.0 Å². The van der Waals surface area contributed by atoms with E-state index in [0.717, 1.165) is 21.8 Å². The van der Waals surface area contributed by atoms with Crippen molar-refractivity contribution in [3.63, 3.8) is 0 Å². The molecule has 0 aliphatic carbocycles. The molecule has 0 spiro atoms. The van der Waals surface area contributed by atoms with Crippen LogP contribution in [0.3, 0.4) is 0 Å². The number of benzene rings is 2.